The van der Waals surface area contributed by atoms with Gasteiger partial charge < -0.3 is 24.8 Å². The van der Waals surface area contributed by atoms with Crippen LogP contribution in [0.2, 0.25) is 5.82 Å². The van der Waals surface area contributed by atoms with Crippen LogP contribution in [0.25, 0.3) is 0 Å². The Bertz CT molecular complexity index is 793. The maximum atomic E-state index is 12.5. The summed E-state index contributed by atoms with van der Waals surface area (Å²) in [5.41, 5.74) is 0.595. The van der Waals surface area contributed by atoms with E-state index in [9.17, 15) is 19.5 Å². The van der Waals surface area contributed by atoms with Gasteiger partial charge in [0.15, 0.2) is 0 Å². The lowest BCUT2D eigenvalue weighted by molar-refractivity contribution is -0.234. The first-order valence-corrected chi connectivity index (χ1v) is 15.4. The molecule has 0 amide bonds. The molecule has 9 heteroatoms. The highest BCUT2D eigenvalue weighted by molar-refractivity contribution is 6.75. The van der Waals surface area contributed by atoms with Crippen molar-refractivity contribution in [3.05, 3.63) is 35.9 Å². The normalized spacial score (nSPS) is 12.5. The Morgan fingerprint density at radius 2 is 1.38 bits per heavy atom. The average molecular weight is 562 g/mol. The first-order chi connectivity index (χ1) is 19.5. The lowest BCUT2D eigenvalue weighted by Crippen LogP contribution is -2.34. The molecule has 0 aromatic heterocycles. The number of ether oxygens (including phenoxy) is 1. The zero-order valence-corrected chi connectivity index (χ0v) is 24.6. The predicted octanol–water partition coefficient (Wildman–Crippen LogP) is 5.88. The zero-order valence-electron chi connectivity index (χ0n) is 24.6. The molecule has 0 radical (unpaired) electrons. The number of carbonyl (C=O) groups is 3. The van der Waals surface area contributed by atoms with E-state index < -0.39 is 17.8 Å². The van der Waals surface area contributed by atoms with Gasteiger partial charge in [-0.2, -0.15) is 5.26 Å². The number of hydrogen-bond acceptors (Lipinski definition) is 8. The van der Waals surface area contributed by atoms with Gasteiger partial charge in [-0.15, -0.1) is 0 Å². The zero-order chi connectivity index (χ0) is 29.3. The fraction of sp³-hybridized carbons (Fsp3) is 0.710. The molecule has 0 aliphatic carbocycles. The molecule has 0 fully saturated rings. The summed E-state index contributed by atoms with van der Waals surface area (Å²) in [6.07, 6.45) is 17.8. The largest absolute Gasteiger partial charge is 0.466 e. The maximum absolute atomic E-state index is 12.5. The summed E-state index contributed by atoms with van der Waals surface area (Å²) in [5.74, 6) is -1.59. The van der Waals surface area contributed by atoms with Crippen LogP contribution in [0.15, 0.2) is 30.3 Å². The van der Waals surface area contributed by atoms with Gasteiger partial charge in [0.05, 0.1) is 13.0 Å². The number of esters is 1. The van der Waals surface area contributed by atoms with Gasteiger partial charge in [-0.1, -0.05) is 121 Å². The maximum Gasteiger partial charge on any atom is 0.343 e. The quantitative estimate of drug-likeness (QED) is 0.0421. The van der Waals surface area contributed by atoms with Crippen LogP contribution in [0.1, 0.15) is 121 Å². The molecule has 0 heterocycles. The fourth-order valence-corrected chi connectivity index (χ4v) is 4.75. The van der Waals surface area contributed by atoms with Gasteiger partial charge in [-0.3, -0.25) is 4.79 Å². The summed E-state index contributed by atoms with van der Waals surface area (Å²) in [7, 11) is 0.0432. The number of aliphatic hydroxyl groups excluding tert-OH is 1. The van der Waals surface area contributed by atoms with E-state index >= 15 is 0 Å². The van der Waals surface area contributed by atoms with E-state index in [0.717, 1.165) is 24.8 Å². The van der Waals surface area contributed by atoms with E-state index in [1.807, 2.05) is 18.2 Å². The molecular weight excluding hydrogens is 509 g/mol. The minimum atomic E-state index is -0.812. The molecule has 1 aromatic carbocycles. The van der Waals surface area contributed by atoms with E-state index in [1.54, 1.807) is 12.1 Å². The molecule has 1 rings (SSSR count). The average Bonchev–Trinajstić information content (AvgIpc) is 2.97. The van der Waals surface area contributed by atoms with Crippen molar-refractivity contribution < 1.29 is 34.4 Å². The van der Waals surface area contributed by atoms with E-state index in [-0.39, 0.29) is 45.1 Å². The van der Waals surface area contributed by atoms with Gasteiger partial charge in [0, 0.05) is 25.6 Å². The van der Waals surface area contributed by atoms with Gasteiger partial charge in [-0.05, 0) is 17.8 Å². The fourth-order valence-electron chi connectivity index (χ4n) is 4.75. The third-order valence-electron chi connectivity index (χ3n) is 7.21. The molecule has 0 saturated carbocycles. The highest BCUT2D eigenvalue weighted by Crippen LogP contribution is 2.17. The SMILES string of the molecule is CCCCCCCCCCCCCCCCC(=O)OCC(BC(=O)CNC(CC(=O)OO)c1ccccc1)CO. The Labute approximate surface area is 241 Å². The molecular formula is C31H52BNO7. The van der Waals surface area contributed by atoms with E-state index in [0.29, 0.717) is 6.42 Å². The summed E-state index contributed by atoms with van der Waals surface area (Å²) < 4.78 is 5.31. The summed E-state index contributed by atoms with van der Waals surface area (Å²) in [5, 5.41) is 21.3. The topological polar surface area (TPSA) is 122 Å². The minimum absolute atomic E-state index is 0.00136. The second kappa shape index (κ2) is 24.6. The molecule has 0 spiro atoms. The summed E-state index contributed by atoms with van der Waals surface area (Å²) in [6.45, 7) is 1.94. The second-order valence-electron chi connectivity index (χ2n) is 10.8. The third-order valence-corrected chi connectivity index (χ3v) is 7.21. The monoisotopic (exact) mass is 561 g/mol. The van der Waals surface area contributed by atoms with Crippen molar-refractivity contribution >= 4 is 24.9 Å². The summed E-state index contributed by atoms with van der Waals surface area (Å²) in [4.78, 5) is 39.9. The Kier molecular flexibility index (Phi) is 22.0. The third kappa shape index (κ3) is 19.0. The van der Waals surface area contributed by atoms with Crippen molar-refractivity contribution in [2.75, 3.05) is 19.8 Å². The lowest BCUT2D eigenvalue weighted by atomic mass is 9.61. The van der Waals surface area contributed by atoms with Crippen LogP contribution in [0.3, 0.4) is 0 Å². The van der Waals surface area contributed by atoms with Crippen LogP contribution in [0.5, 0.6) is 0 Å². The first-order valence-electron chi connectivity index (χ1n) is 15.4. The van der Waals surface area contributed by atoms with Crippen LogP contribution >= 0.6 is 0 Å². The molecule has 40 heavy (non-hydrogen) atoms. The lowest BCUT2D eigenvalue weighted by Gasteiger charge is -2.18. The molecule has 2 unspecified atom stereocenters. The number of benzene rings is 1. The molecule has 0 saturated heterocycles. The van der Waals surface area contributed by atoms with Crippen LogP contribution in [-0.4, -0.2) is 55.0 Å². The number of unbranched alkanes of at least 4 members (excludes halogenated alkanes) is 13. The summed E-state index contributed by atoms with van der Waals surface area (Å²) in [6, 6.07) is 8.56. The van der Waals surface area contributed by atoms with E-state index in [1.165, 1.54) is 70.6 Å². The van der Waals surface area contributed by atoms with Gasteiger partial charge >= 0.3 is 11.9 Å². The first kappa shape index (κ1) is 35.8. The summed E-state index contributed by atoms with van der Waals surface area (Å²) >= 11 is 0. The number of hydrogen-bond donors (Lipinski definition) is 3. The van der Waals surface area contributed by atoms with Crippen molar-refractivity contribution in [3.8, 4) is 0 Å². The smallest absolute Gasteiger partial charge is 0.343 e. The van der Waals surface area contributed by atoms with Crippen molar-refractivity contribution in [1.29, 1.82) is 0 Å². The van der Waals surface area contributed by atoms with Crippen molar-refractivity contribution in [3.63, 3.8) is 0 Å². The van der Waals surface area contributed by atoms with Crippen molar-refractivity contribution in [1.82, 2.24) is 5.32 Å². The van der Waals surface area contributed by atoms with E-state index in [2.05, 4.69) is 17.1 Å². The molecule has 0 bridgehead atoms. The van der Waals surface area contributed by atoms with E-state index in [4.69, 9.17) is 9.99 Å². The molecule has 8 nitrogen and oxygen atoms in total. The van der Waals surface area contributed by atoms with Crippen molar-refractivity contribution in [2.45, 2.75) is 122 Å². The Morgan fingerprint density at radius 3 is 1.90 bits per heavy atom. The standard InChI is InChI=1S/C31H52BNO7/c1-2-3-4-5-6-7-8-9-10-11-12-13-14-18-21-30(36)39-25-27(24-34)32-29(35)23-33-28(22-31(37)40-38)26-19-16-15-17-20-26/h15-17,19-20,27-28,32-34,38H,2-14,18,21-25H2,1H3. The van der Waals surface area contributed by atoms with Gasteiger partial charge in [0.1, 0.15) is 5.68 Å². The predicted molar refractivity (Wildman–Crippen MR) is 159 cm³/mol. The molecule has 0 aliphatic heterocycles. The highest BCUT2D eigenvalue weighted by atomic mass is 17.1. The number of rotatable bonds is 26. The molecule has 0 aliphatic rings. The van der Waals surface area contributed by atoms with Gasteiger partial charge in [0.25, 0.3) is 0 Å². The number of nitrogens with one attached hydrogen (secondary N) is 1. The van der Waals surface area contributed by atoms with Crippen LogP contribution < -0.4 is 5.32 Å². The van der Waals surface area contributed by atoms with Crippen LogP contribution in [-0.2, 0) is 24.0 Å². The molecule has 1 aromatic rings. The number of aliphatic hydroxyl groups is 1. The molecule has 226 valence electrons. The molecule has 3 N–H and O–H groups in total. The minimum Gasteiger partial charge on any atom is -0.466 e. The molecule has 2 atom stereocenters. The van der Waals surface area contributed by atoms with Crippen LogP contribution in [0, 0.1) is 0 Å². The second-order valence-corrected chi connectivity index (χ2v) is 10.8. The van der Waals surface area contributed by atoms with Gasteiger partial charge in [-0.25, -0.2) is 4.79 Å². The highest BCUT2D eigenvalue weighted by Gasteiger charge is 2.21. The Hall–Kier alpha value is -2.23. The Balaban J connectivity index is 2.13. The van der Waals surface area contributed by atoms with Crippen LogP contribution in [0.4, 0.5) is 0 Å². The number of carbonyl (C=O) groups excluding carboxylic acids is 3. The van der Waals surface area contributed by atoms with Crippen molar-refractivity contribution in [2.24, 2.45) is 0 Å². The van der Waals surface area contributed by atoms with Gasteiger partial charge in [0.2, 0.25) is 7.28 Å². The Morgan fingerprint density at radius 1 is 0.825 bits per heavy atom.